The second kappa shape index (κ2) is 5.90. The van der Waals surface area contributed by atoms with Crippen LogP contribution in [0.1, 0.15) is 10.4 Å². The van der Waals surface area contributed by atoms with E-state index in [0.29, 0.717) is 15.7 Å². The van der Waals surface area contributed by atoms with Crippen molar-refractivity contribution in [1.82, 2.24) is 10.2 Å². The zero-order valence-electron chi connectivity index (χ0n) is 9.92. The number of benzene rings is 1. The Labute approximate surface area is 119 Å². The number of aromatic nitrogens is 2. The van der Waals surface area contributed by atoms with Gasteiger partial charge in [-0.3, -0.25) is 0 Å². The lowest BCUT2D eigenvalue weighted by atomic mass is 10.2. The molecule has 0 saturated heterocycles. The van der Waals surface area contributed by atoms with Crippen LogP contribution in [0.3, 0.4) is 0 Å². The lowest BCUT2D eigenvalue weighted by Crippen LogP contribution is -2.06. The number of hydrogen-bond donors (Lipinski definition) is 2. The van der Waals surface area contributed by atoms with Crippen LogP contribution in [0.4, 0.5) is 11.5 Å². The molecule has 0 radical (unpaired) electrons. The summed E-state index contributed by atoms with van der Waals surface area (Å²) in [6.07, 6.45) is 1.81. The highest BCUT2D eigenvalue weighted by Crippen LogP contribution is 2.23. The molecule has 98 valence electrons. The maximum Gasteiger partial charge on any atom is 0.339 e. The molecule has 0 saturated carbocycles. The summed E-state index contributed by atoms with van der Waals surface area (Å²) in [5, 5.41) is 21.0. The van der Waals surface area contributed by atoms with Gasteiger partial charge in [0.1, 0.15) is 10.6 Å². The molecule has 0 aliphatic carbocycles. The normalized spacial score (nSPS) is 10.2. The van der Waals surface area contributed by atoms with Crippen LogP contribution in [0.15, 0.2) is 35.4 Å². The maximum absolute atomic E-state index is 11.2. The first kappa shape index (κ1) is 13.6. The predicted octanol–water partition coefficient (Wildman–Crippen LogP) is 3.29. The number of thioether (sulfide) groups is 1. The summed E-state index contributed by atoms with van der Waals surface area (Å²) in [6, 6.07) is 8.41. The Morgan fingerprint density at radius 3 is 2.79 bits per heavy atom. The molecule has 0 spiro atoms. The zero-order valence-corrected chi connectivity index (χ0v) is 11.5. The van der Waals surface area contributed by atoms with E-state index in [2.05, 4.69) is 15.5 Å². The fourth-order valence-corrected chi connectivity index (χ4v) is 1.98. The van der Waals surface area contributed by atoms with Crippen molar-refractivity contribution in [2.75, 3.05) is 11.6 Å². The van der Waals surface area contributed by atoms with Crippen LogP contribution in [0.2, 0.25) is 5.02 Å². The van der Waals surface area contributed by atoms with Gasteiger partial charge in [0, 0.05) is 10.7 Å². The van der Waals surface area contributed by atoms with Crippen LogP contribution in [0, 0.1) is 0 Å². The smallest absolute Gasteiger partial charge is 0.339 e. The minimum absolute atomic E-state index is 0.0688. The van der Waals surface area contributed by atoms with Gasteiger partial charge < -0.3 is 10.4 Å². The molecular weight excluding hydrogens is 286 g/mol. The van der Waals surface area contributed by atoms with Crippen molar-refractivity contribution in [2.24, 2.45) is 0 Å². The van der Waals surface area contributed by atoms with Crippen LogP contribution in [0.25, 0.3) is 0 Å². The molecule has 0 bridgehead atoms. The highest BCUT2D eigenvalue weighted by Gasteiger charge is 2.14. The number of carboxylic acid groups (broad SMARTS) is 1. The summed E-state index contributed by atoms with van der Waals surface area (Å²) in [5.74, 6) is -0.873. The Morgan fingerprint density at radius 2 is 2.16 bits per heavy atom. The summed E-state index contributed by atoms with van der Waals surface area (Å²) in [4.78, 5) is 11.2. The number of carboxylic acids is 1. The molecule has 5 nitrogen and oxygen atoms in total. The number of halogens is 1. The Morgan fingerprint density at radius 1 is 1.37 bits per heavy atom. The van der Waals surface area contributed by atoms with Gasteiger partial charge in [-0.1, -0.05) is 17.7 Å². The lowest BCUT2D eigenvalue weighted by molar-refractivity contribution is 0.0697. The van der Waals surface area contributed by atoms with Crippen molar-refractivity contribution in [3.8, 4) is 0 Å². The van der Waals surface area contributed by atoms with Gasteiger partial charge in [0.25, 0.3) is 0 Å². The fraction of sp³-hybridized carbons (Fsp3) is 0.0833. The molecule has 0 unspecified atom stereocenters. The molecule has 19 heavy (non-hydrogen) atoms. The van der Waals surface area contributed by atoms with Gasteiger partial charge in [-0.05, 0) is 30.5 Å². The first-order valence-corrected chi connectivity index (χ1v) is 6.88. The number of nitrogens with zero attached hydrogens (tertiary/aromatic N) is 2. The summed E-state index contributed by atoms with van der Waals surface area (Å²) >= 11 is 7.20. The van der Waals surface area contributed by atoms with E-state index >= 15 is 0 Å². The van der Waals surface area contributed by atoms with Crippen molar-refractivity contribution in [3.63, 3.8) is 0 Å². The Bertz CT molecular complexity index is 622. The number of hydrogen-bond acceptors (Lipinski definition) is 5. The van der Waals surface area contributed by atoms with Crippen LogP contribution in [-0.2, 0) is 0 Å². The molecule has 2 aromatic rings. The number of carbonyl (C=O) groups is 1. The van der Waals surface area contributed by atoms with Gasteiger partial charge in [-0.25, -0.2) is 4.79 Å². The molecule has 7 heteroatoms. The molecule has 1 heterocycles. The van der Waals surface area contributed by atoms with E-state index in [1.807, 2.05) is 0 Å². The highest BCUT2D eigenvalue weighted by molar-refractivity contribution is 7.98. The minimum Gasteiger partial charge on any atom is -0.478 e. The van der Waals surface area contributed by atoms with Gasteiger partial charge >= 0.3 is 5.97 Å². The van der Waals surface area contributed by atoms with Crippen LogP contribution in [-0.4, -0.2) is 27.5 Å². The minimum atomic E-state index is -1.06. The van der Waals surface area contributed by atoms with Crippen molar-refractivity contribution in [2.45, 2.75) is 5.03 Å². The van der Waals surface area contributed by atoms with Crippen molar-refractivity contribution < 1.29 is 9.90 Å². The molecule has 2 N–H and O–H groups in total. The van der Waals surface area contributed by atoms with Crippen molar-refractivity contribution >= 4 is 40.8 Å². The Hall–Kier alpha value is -1.79. The molecular formula is C12H10ClN3O2S. The quantitative estimate of drug-likeness (QED) is 0.843. The molecule has 0 aliphatic rings. The van der Waals surface area contributed by atoms with Gasteiger partial charge in [-0.15, -0.1) is 22.0 Å². The molecule has 1 aromatic heterocycles. The van der Waals surface area contributed by atoms with E-state index in [1.54, 1.807) is 30.5 Å². The highest BCUT2D eigenvalue weighted by atomic mass is 35.5. The number of rotatable bonds is 4. The zero-order chi connectivity index (χ0) is 13.8. The molecule has 0 fully saturated rings. The van der Waals surface area contributed by atoms with Crippen molar-refractivity contribution in [3.05, 3.63) is 40.9 Å². The summed E-state index contributed by atoms with van der Waals surface area (Å²) in [5.41, 5.74) is 0.723. The first-order valence-electron chi connectivity index (χ1n) is 5.28. The van der Waals surface area contributed by atoms with E-state index in [0.717, 1.165) is 0 Å². The van der Waals surface area contributed by atoms with E-state index in [-0.39, 0.29) is 11.4 Å². The average molecular weight is 296 g/mol. The van der Waals surface area contributed by atoms with Gasteiger partial charge in [-0.2, -0.15) is 0 Å². The molecule has 0 amide bonds. The predicted molar refractivity (Wildman–Crippen MR) is 75.5 cm³/mol. The fourth-order valence-electron chi connectivity index (χ4n) is 1.43. The average Bonchev–Trinajstić information content (AvgIpc) is 2.39. The van der Waals surface area contributed by atoms with E-state index < -0.39 is 5.97 Å². The Kier molecular flexibility index (Phi) is 4.24. The first-order chi connectivity index (χ1) is 9.10. The third-order valence-electron chi connectivity index (χ3n) is 2.30. The second-order valence-electron chi connectivity index (χ2n) is 3.59. The van der Waals surface area contributed by atoms with Crippen LogP contribution < -0.4 is 5.32 Å². The second-order valence-corrected chi connectivity index (χ2v) is 4.85. The maximum atomic E-state index is 11.2. The topological polar surface area (TPSA) is 75.1 Å². The molecule has 0 aliphatic heterocycles. The van der Waals surface area contributed by atoms with E-state index in [1.165, 1.54) is 17.8 Å². The number of anilines is 2. The van der Waals surface area contributed by atoms with E-state index in [9.17, 15) is 9.90 Å². The van der Waals surface area contributed by atoms with Crippen LogP contribution >= 0.6 is 23.4 Å². The SMILES string of the molecule is CSc1cc(C(=O)O)c(Nc2cccc(Cl)c2)nn1. The summed E-state index contributed by atoms with van der Waals surface area (Å²) in [6.45, 7) is 0. The Balaban J connectivity index is 2.36. The van der Waals surface area contributed by atoms with Gasteiger partial charge in [0.2, 0.25) is 0 Å². The van der Waals surface area contributed by atoms with Crippen molar-refractivity contribution in [1.29, 1.82) is 0 Å². The molecule has 2 rings (SSSR count). The van der Waals surface area contributed by atoms with Crippen LogP contribution in [0.5, 0.6) is 0 Å². The molecule has 0 atom stereocenters. The summed E-state index contributed by atoms with van der Waals surface area (Å²) in [7, 11) is 0. The lowest BCUT2D eigenvalue weighted by Gasteiger charge is -2.08. The third kappa shape index (κ3) is 3.36. The monoisotopic (exact) mass is 295 g/mol. The largest absolute Gasteiger partial charge is 0.478 e. The third-order valence-corrected chi connectivity index (χ3v) is 3.15. The summed E-state index contributed by atoms with van der Waals surface area (Å²) < 4.78 is 0. The standard InChI is InChI=1S/C12H10ClN3O2S/c1-19-10-6-9(12(17)18)11(16-15-10)14-8-4-2-3-7(13)5-8/h2-6H,1H3,(H,14,16)(H,17,18). The number of aromatic carboxylic acids is 1. The van der Waals surface area contributed by atoms with E-state index in [4.69, 9.17) is 11.6 Å². The molecule has 1 aromatic carbocycles. The van der Waals surface area contributed by atoms with Gasteiger partial charge in [0.15, 0.2) is 5.82 Å². The number of nitrogens with one attached hydrogen (secondary N) is 1. The van der Waals surface area contributed by atoms with Gasteiger partial charge in [0.05, 0.1) is 0 Å².